The SMILES string of the molecule is Cc1cc(-c2[nH]c3cc(-c4ccc(NC5CCC(OC6CC6)CC5)nc4)ccc3c2C)cc(C)n1. The molecule has 2 saturated carbocycles. The quantitative estimate of drug-likeness (QED) is 0.318. The van der Waals surface area contributed by atoms with Crippen LogP contribution in [0.1, 0.15) is 55.5 Å². The van der Waals surface area contributed by atoms with Crippen LogP contribution in [0.4, 0.5) is 5.82 Å². The Morgan fingerprint density at radius 1 is 0.800 bits per heavy atom. The molecular weight excluding hydrogens is 432 g/mol. The zero-order valence-electron chi connectivity index (χ0n) is 20.9. The van der Waals surface area contributed by atoms with E-state index in [1.165, 1.54) is 40.6 Å². The molecule has 0 spiro atoms. The zero-order valence-corrected chi connectivity index (χ0v) is 20.9. The van der Waals surface area contributed by atoms with Crippen LogP contribution >= 0.6 is 0 Å². The van der Waals surface area contributed by atoms with Crippen molar-refractivity contribution in [3.63, 3.8) is 0 Å². The van der Waals surface area contributed by atoms with Crippen LogP contribution in [0, 0.1) is 20.8 Å². The van der Waals surface area contributed by atoms with Crippen molar-refractivity contribution in [2.24, 2.45) is 0 Å². The van der Waals surface area contributed by atoms with Crippen LogP contribution in [0.2, 0.25) is 0 Å². The van der Waals surface area contributed by atoms with Crippen molar-refractivity contribution >= 4 is 16.7 Å². The van der Waals surface area contributed by atoms with Crippen molar-refractivity contribution in [2.45, 2.75) is 77.5 Å². The molecule has 2 aliphatic carbocycles. The highest BCUT2D eigenvalue weighted by Gasteiger charge is 2.29. The van der Waals surface area contributed by atoms with Gasteiger partial charge in [0, 0.05) is 51.4 Å². The molecule has 3 aromatic heterocycles. The Morgan fingerprint density at radius 2 is 1.49 bits per heavy atom. The number of H-pyrrole nitrogens is 1. The topological polar surface area (TPSA) is 62.8 Å². The van der Waals surface area contributed by atoms with Crippen molar-refractivity contribution in [1.82, 2.24) is 15.0 Å². The van der Waals surface area contributed by atoms with Gasteiger partial charge >= 0.3 is 0 Å². The highest BCUT2D eigenvalue weighted by molar-refractivity contribution is 5.93. The Bertz CT molecular complexity index is 1320. The largest absolute Gasteiger partial charge is 0.375 e. The lowest BCUT2D eigenvalue weighted by molar-refractivity contribution is 0.0146. The second kappa shape index (κ2) is 9.12. The van der Waals surface area contributed by atoms with Crippen LogP contribution in [0.3, 0.4) is 0 Å². The van der Waals surface area contributed by atoms with E-state index in [1.54, 1.807) is 0 Å². The number of nitrogens with zero attached hydrogens (tertiary/aromatic N) is 2. The lowest BCUT2D eigenvalue weighted by Gasteiger charge is -2.29. The molecule has 0 bridgehead atoms. The number of pyridine rings is 2. The molecule has 0 saturated heterocycles. The van der Waals surface area contributed by atoms with Gasteiger partial charge in [-0.3, -0.25) is 4.98 Å². The average molecular weight is 467 g/mol. The molecule has 6 rings (SSSR count). The molecule has 1 aromatic carbocycles. The standard InChI is InChI=1S/C30H34N4O/c1-18-14-23(15-19(2)32-18)30-20(3)27-12-4-21(16-28(27)34-30)22-5-13-29(31-17-22)33-24-6-8-25(9-7-24)35-26-10-11-26/h4-5,12-17,24-26,34H,6-11H2,1-3H3,(H,31,33). The van der Waals surface area contributed by atoms with Gasteiger partial charge in [0.25, 0.3) is 0 Å². The predicted octanol–water partition coefficient (Wildman–Crippen LogP) is 7.12. The Hall–Kier alpha value is -3.18. The average Bonchev–Trinajstić information content (AvgIpc) is 3.61. The first-order valence-corrected chi connectivity index (χ1v) is 13.0. The molecule has 35 heavy (non-hydrogen) atoms. The van der Waals surface area contributed by atoms with E-state index in [9.17, 15) is 0 Å². The number of rotatable bonds is 6. The fourth-order valence-electron chi connectivity index (χ4n) is 5.46. The molecule has 180 valence electrons. The van der Waals surface area contributed by atoms with E-state index >= 15 is 0 Å². The van der Waals surface area contributed by atoms with E-state index in [0.29, 0.717) is 18.2 Å². The molecule has 4 aromatic rings. The zero-order chi connectivity index (χ0) is 23.9. The Labute approximate surface area is 207 Å². The Morgan fingerprint density at radius 3 is 2.14 bits per heavy atom. The number of ether oxygens (including phenoxy) is 1. The third-order valence-electron chi connectivity index (χ3n) is 7.46. The molecule has 5 heteroatoms. The molecule has 0 aliphatic heterocycles. The Balaban J connectivity index is 1.17. The van der Waals surface area contributed by atoms with Crippen molar-refractivity contribution in [2.75, 3.05) is 5.32 Å². The van der Waals surface area contributed by atoms with Crippen LogP contribution in [-0.4, -0.2) is 33.2 Å². The summed E-state index contributed by atoms with van der Waals surface area (Å²) in [5.74, 6) is 0.961. The first-order chi connectivity index (χ1) is 17.0. The summed E-state index contributed by atoms with van der Waals surface area (Å²) in [4.78, 5) is 12.9. The fraction of sp³-hybridized carbons (Fsp3) is 0.400. The molecule has 0 atom stereocenters. The summed E-state index contributed by atoms with van der Waals surface area (Å²) in [5.41, 5.74) is 9.15. The van der Waals surface area contributed by atoms with E-state index in [0.717, 1.165) is 54.0 Å². The van der Waals surface area contributed by atoms with E-state index in [2.05, 4.69) is 64.7 Å². The van der Waals surface area contributed by atoms with Crippen molar-refractivity contribution in [3.8, 4) is 22.4 Å². The maximum absolute atomic E-state index is 6.09. The van der Waals surface area contributed by atoms with Gasteiger partial charge in [-0.15, -0.1) is 0 Å². The first kappa shape index (κ1) is 22.3. The van der Waals surface area contributed by atoms with Crippen LogP contribution in [0.25, 0.3) is 33.3 Å². The number of fused-ring (bicyclic) bond motifs is 1. The minimum Gasteiger partial charge on any atom is -0.375 e. The summed E-state index contributed by atoms with van der Waals surface area (Å²) in [6.07, 6.45) is 10.2. The number of benzene rings is 1. The predicted molar refractivity (Wildman–Crippen MR) is 143 cm³/mol. The minimum absolute atomic E-state index is 0.467. The number of aryl methyl sites for hydroxylation is 3. The second-order valence-electron chi connectivity index (χ2n) is 10.4. The van der Waals surface area contributed by atoms with E-state index < -0.39 is 0 Å². The van der Waals surface area contributed by atoms with Gasteiger partial charge in [-0.05, 0) is 101 Å². The van der Waals surface area contributed by atoms with Crippen LogP contribution in [-0.2, 0) is 4.74 Å². The van der Waals surface area contributed by atoms with Gasteiger partial charge in [0.05, 0.1) is 12.2 Å². The van der Waals surface area contributed by atoms with Crippen LogP contribution in [0.5, 0.6) is 0 Å². The number of anilines is 1. The first-order valence-electron chi connectivity index (χ1n) is 13.0. The third-order valence-corrected chi connectivity index (χ3v) is 7.46. The second-order valence-corrected chi connectivity index (χ2v) is 10.4. The van der Waals surface area contributed by atoms with Crippen molar-refractivity contribution in [1.29, 1.82) is 0 Å². The monoisotopic (exact) mass is 466 g/mol. The van der Waals surface area contributed by atoms with Gasteiger partial charge in [0.15, 0.2) is 0 Å². The lowest BCUT2D eigenvalue weighted by Crippen LogP contribution is -2.30. The molecule has 0 unspecified atom stereocenters. The van der Waals surface area contributed by atoms with Crippen molar-refractivity contribution in [3.05, 3.63) is 65.6 Å². The van der Waals surface area contributed by atoms with Gasteiger partial charge in [-0.2, -0.15) is 0 Å². The third kappa shape index (κ3) is 4.83. The Kier molecular flexibility index (Phi) is 5.81. The van der Waals surface area contributed by atoms with Gasteiger partial charge < -0.3 is 15.0 Å². The maximum Gasteiger partial charge on any atom is 0.126 e. The normalized spacial score (nSPS) is 20.3. The molecule has 5 nitrogen and oxygen atoms in total. The summed E-state index contributed by atoms with van der Waals surface area (Å²) in [6.45, 7) is 6.28. The lowest BCUT2D eigenvalue weighted by atomic mass is 9.93. The molecule has 2 fully saturated rings. The molecule has 2 N–H and O–H groups in total. The van der Waals surface area contributed by atoms with Gasteiger partial charge in [0.2, 0.25) is 0 Å². The van der Waals surface area contributed by atoms with Crippen molar-refractivity contribution < 1.29 is 4.74 Å². The number of aromatic nitrogens is 3. The number of hydrogen-bond acceptors (Lipinski definition) is 4. The van der Waals surface area contributed by atoms with Gasteiger partial charge in [0.1, 0.15) is 5.82 Å². The van der Waals surface area contributed by atoms with E-state index in [4.69, 9.17) is 9.72 Å². The summed E-state index contributed by atoms with van der Waals surface area (Å²) in [6, 6.07) is 15.7. The smallest absolute Gasteiger partial charge is 0.126 e. The highest BCUT2D eigenvalue weighted by Crippen LogP contribution is 2.34. The van der Waals surface area contributed by atoms with E-state index in [-0.39, 0.29) is 0 Å². The molecule has 3 heterocycles. The highest BCUT2D eigenvalue weighted by atomic mass is 16.5. The van der Waals surface area contributed by atoms with Crippen LogP contribution in [0.15, 0.2) is 48.7 Å². The molecular formula is C30H34N4O. The van der Waals surface area contributed by atoms with Gasteiger partial charge in [-0.1, -0.05) is 12.1 Å². The molecule has 2 aliphatic rings. The summed E-state index contributed by atoms with van der Waals surface area (Å²) >= 11 is 0. The summed E-state index contributed by atoms with van der Waals surface area (Å²) in [5, 5.41) is 4.89. The minimum atomic E-state index is 0.467. The van der Waals surface area contributed by atoms with E-state index in [1.807, 2.05) is 20.0 Å². The summed E-state index contributed by atoms with van der Waals surface area (Å²) in [7, 11) is 0. The van der Waals surface area contributed by atoms with Crippen LogP contribution < -0.4 is 5.32 Å². The van der Waals surface area contributed by atoms with Gasteiger partial charge in [-0.25, -0.2) is 4.98 Å². The molecule has 0 amide bonds. The maximum atomic E-state index is 6.09. The molecule has 0 radical (unpaired) electrons. The summed E-state index contributed by atoms with van der Waals surface area (Å²) < 4.78 is 6.09. The number of nitrogens with one attached hydrogen (secondary N) is 2. The number of hydrogen-bond donors (Lipinski definition) is 2. The number of aromatic amines is 1. The fourth-order valence-corrected chi connectivity index (χ4v) is 5.46.